The largest absolute Gasteiger partial charge is 0.382 e. The van der Waals surface area contributed by atoms with Gasteiger partial charge in [-0.15, -0.1) is 10.2 Å². The molecule has 0 N–H and O–H groups in total. The number of ether oxygens (including phenoxy) is 1. The molecule has 0 fully saturated rings. The maximum Gasteiger partial charge on any atom is 0.233 e. The highest BCUT2D eigenvalue weighted by atomic mass is 32.2. The van der Waals surface area contributed by atoms with Crippen LogP contribution < -0.4 is 0 Å². The summed E-state index contributed by atoms with van der Waals surface area (Å²) in [7, 11) is 3.39. The molecule has 0 aliphatic heterocycles. The van der Waals surface area contributed by atoms with Gasteiger partial charge in [-0.1, -0.05) is 29.2 Å². The van der Waals surface area contributed by atoms with E-state index in [2.05, 4.69) is 15.2 Å². The van der Waals surface area contributed by atoms with Crippen LogP contribution in [0.3, 0.4) is 0 Å². The van der Waals surface area contributed by atoms with Gasteiger partial charge in [-0.3, -0.25) is 9.78 Å². The first-order chi connectivity index (χ1) is 10.6. The number of hydrogen-bond acceptors (Lipinski definition) is 7. The topological polar surface area (TPSA) is 68.2 Å². The van der Waals surface area contributed by atoms with Crippen LogP contribution in [0.2, 0.25) is 0 Å². The van der Waals surface area contributed by atoms with Crippen molar-refractivity contribution in [3.63, 3.8) is 0 Å². The number of hydrogen-bond donors (Lipinski definition) is 0. The van der Waals surface area contributed by atoms with E-state index in [4.69, 9.17) is 4.74 Å². The highest BCUT2D eigenvalue weighted by Crippen LogP contribution is 2.24. The molecule has 0 saturated carbocycles. The number of thioether (sulfide) groups is 1. The molecule has 0 unspecified atom stereocenters. The summed E-state index contributed by atoms with van der Waals surface area (Å²) in [5.74, 6) is 0.323. The molecular weight excluding hydrogens is 320 g/mol. The van der Waals surface area contributed by atoms with Gasteiger partial charge >= 0.3 is 0 Å². The van der Waals surface area contributed by atoms with Gasteiger partial charge in [0.25, 0.3) is 0 Å². The summed E-state index contributed by atoms with van der Waals surface area (Å²) in [6.07, 6.45) is 1.72. The average molecular weight is 338 g/mol. The Morgan fingerprint density at radius 3 is 2.86 bits per heavy atom. The van der Waals surface area contributed by atoms with Crippen LogP contribution in [0.25, 0.3) is 0 Å². The predicted octanol–water partition coefficient (Wildman–Crippen LogP) is 2.18. The third-order valence-corrected chi connectivity index (χ3v) is 5.00. The van der Waals surface area contributed by atoms with Crippen LogP contribution >= 0.6 is 23.1 Å². The summed E-state index contributed by atoms with van der Waals surface area (Å²) in [4.78, 5) is 18.4. The fourth-order valence-electron chi connectivity index (χ4n) is 1.86. The van der Waals surface area contributed by atoms with E-state index in [9.17, 15) is 4.79 Å². The summed E-state index contributed by atoms with van der Waals surface area (Å²) in [5, 5.41) is 8.85. The number of carbonyl (C=O) groups excluding carboxylic acids is 1. The molecule has 2 heterocycles. The van der Waals surface area contributed by atoms with Gasteiger partial charge in [0.05, 0.1) is 24.1 Å². The smallest absolute Gasteiger partial charge is 0.233 e. The predicted molar refractivity (Wildman–Crippen MR) is 87.0 cm³/mol. The van der Waals surface area contributed by atoms with Crippen molar-refractivity contribution >= 4 is 29.0 Å². The van der Waals surface area contributed by atoms with Gasteiger partial charge in [-0.25, -0.2) is 0 Å². The summed E-state index contributed by atoms with van der Waals surface area (Å²) < 4.78 is 6.04. The molecule has 0 aliphatic rings. The van der Waals surface area contributed by atoms with Gasteiger partial charge < -0.3 is 9.64 Å². The summed E-state index contributed by atoms with van der Waals surface area (Å²) in [6, 6.07) is 5.45. The van der Waals surface area contributed by atoms with E-state index in [1.54, 1.807) is 25.3 Å². The molecule has 1 amide bonds. The fourth-order valence-corrected chi connectivity index (χ4v) is 3.60. The SMILES string of the molecule is COC[C@H](c1ccccn1)N(C)C(=O)CSc1nnc(C)s1. The zero-order chi connectivity index (χ0) is 15.9. The molecule has 0 aliphatic carbocycles. The molecule has 0 aromatic carbocycles. The van der Waals surface area contributed by atoms with E-state index >= 15 is 0 Å². The standard InChI is InChI=1S/C14H18N4O2S2/c1-10-16-17-14(22-10)21-9-13(19)18(2)12(8-20-3)11-6-4-5-7-15-11/h4-7,12H,8-9H2,1-3H3/t12-/m1/s1. The van der Waals surface area contributed by atoms with E-state index in [0.717, 1.165) is 15.0 Å². The quantitative estimate of drug-likeness (QED) is 0.721. The second kappa shape index (κ2) is 8.21. The van der Waals surface area contributed by atoms with Crippen LogP contribution in [0, 0.1) is 6.92 Å². The number of likely N-dealkylation sites (N-methyl/N-ethyl adjacent to an activating group) is 1. The maximum absolute atomic E-state index is 12.4. The first kappa shape index (κ1) is 16.9. The minimum absolute atomic E-state index is 0.00514. The highest BCUT2D eigenvalue weighted by molar-refractivity contribution is 8.01. The highest BCUT2D eigenvalue weighted by Gasteiger charge is 2.23. The van der Waals surface area contributed by atoms with Crippen molar-refractivity contribution in [2.75, 3.05) is 26.5 Å². The number of rotatable bonds is 7. The number of nitrogens with zero attached hydrogens (tertiary/aromatic N) is 4. The van der Waals surface area contributed by atoms with Crippen molar-refractivity contribution in [2.24, 2.45) is 0 Å². The van der Waals surface area contributed by atoms with Crippen LogP contribution in [0.5, 0.6) is 0 Å². The van der Waals surface area contributed by atoms with Crippen molar-refractivity contribution in [1.82, 2.24) is 20.1 Å². The number of methoxy groups -OCH3 is 1. The molecule has 8 heteroatoms. The normalized spacial score (nSPS) is 12.1. The Labute approximate surface area is 137 Å². The van der Waals surface area contributed by atoms with Gasteiger partial charge in [-0.05, 0) is 19.1 Å². The van der Waals surface area contributed by atoms with E-state index in [1.807, 2.05) is 25.1 Å². The zero-order valence-electron chi connectivity index (χ0n) is 12.7. The lowest BCUT2D eigenvalue weighted by Crippen LogP contribution is -2.35. The molecule has 2 aromatic heterocycles. The number of amides is 1. The minimum Gasteiger partial charge on any atom is -0.382 e. The molecule has 6 nitrogen and oxygen atoms in total. The Morgan fingerprint density at radius 1 is 1.45 bits per heavy atom. The first-order valence-electron chi connectivity index (χ1n) is 6.70. The third kappa shape index (κ3) is 4.49. The van der Waals surface area contributed by atoms with E-state index in [0.29, 0.717) is 12.4 Å². The molecular formula is C14H18N4O2S2. The van der Waals surface area contributed by atoms with Crippen molar-refractivity contribution in [3.05, 3.63) is 35.1 Å². The Kier molecular flexibility index (Phi) is 6.29. The second-order valence-corrected chi connectivity index (χ2v) is 7.01. The lowest BCUT2D eigenvalue weighted by Gasteiger charge is -2.27. The van der Waals surface area contributed by atoms with Crippen molar-refractivity contribution in [2.45, 2.75) is 17.3 Å². The first-order valence-corrected chi connectivity index (χ1v) is 8.50. The van der Waals surface area contributed by atoms with Gasteiger partial charge in [0.2, 0.25) is 5.91 Å². The van der Waals surface area contributed by atoms with Gasteiger partial charge in [0.1, 0.15) is 5.01 Å². The van der Waals surface area contributed by atoms with Crippen molar-refractivity contribution in [3.8, 4) is 0 Å². The Bertz CT molecular complexity index is 606. The zero-order valence-corrected chi connectivity index (χ0v) is 14.4. The molecule has 2 rings (SSSR count). The van der Waals surface area contributed by atoms with Crippen LogP contribution in [0.1, 0.15) is 16.7 Å². The van der Waals surface area contributed by atoms with Crippen LogP contribution in [-0.2, 0) is 9.53 Å². The molecule has 0 radical (unpaired) electrons. The number of aryl methyl sites for hydroxylation is 1. The maximum atomic E-state index is 12.4. The van der Waals surface area contributed by atoms with Crippen LogP contribution in [-0.4, -0.2) is 52.5 Å². The summed E-state index contributed by atoms with van der Waals surface area (Å²) in [6.45, 7) is 2.30. The molecule has 2 aromatic rings. The lowest BCUT2D eigenvalue weighted by molar-refractivity contribution is -0.130. The number of pyridine rings is 1. The van der Waals surface area contributed by atoms with Crippen molar-refractivity contribution in [1.29, 1.82) is 0 Å². The fraction of sp³-hybridized carbons (Fsp3) is 0.429. The van der Waals surface area contributed by atoms with Crippen LogP contribution in [0.4, 0.5) is 0 Å². The molecule has 0 saturated heterocycles. The second-order valence-electron chi connectivity index (χ2n) is 4.61. The Balaban J connectivity index is 2.00. The molecule has 22 heavy (non-hydrogen) atoms. The molecule has 0 bridgehead atoms. The molecule has 1 atom stereocenters. The van der Waals surface area contributed by atoms with Gasteiger partial charge in [0.15, 0.2) is 4.34 Å². The van der Waals surface area contributed by atoms with E-state index in [1.165, 1.54) is 23.1 Å². The monoisotopic (exact) mass is 338 g/mol. The number of aromatic nitrogens is 3. The summed E-state index contributed by atoms with van der Waals surface area (Å²) >= 11 is 2.89. The Morgan fingerprint density at radius 2 is 2.27 bits per heavy atom. The molecule has 118 valence electrons. The average Bonchev–Trinajstić information content (AvgIpc) is 2.96. The van der Waals surface area contributed by atoms with Gasteiger partial charge in [0, 0.05) is 20.4 Å². The van der Waals surface area contributed by atoms with Crippen molar-refractivity contribution < 1.29 is 9.53 Å². The van der Waals surface area contributed by atoms with Gasteiger partial charge in [-0.2, -0.15) is 0 Å². The minimum atomic E-state index is -0.199. The Hall–Kier alpha value is -1.51. The lowest BCUT2D eigenvalue weighted by atomic mass is 10.1. The number of carbonyl (C=O) groups is 1. The van der Waals surface area contributed by atoms with E-state index < -0.39 is 0 Å². The third-order valence-electron chi connectivity index (χ3n) is 3.04. The van der Waals surface area contributed by atoms with E-state index in [-0.39, 0.29) is 11.9 Å². The van der Waals surface area contributed by atoms with Crippen LogP contribution in [0.15, 0.2) is 28.7 Å². The molecule has 0 spiro atoms. The summed E-state index contributed by atoms with van der Waals surface area (Å²) in [5.41, 5.74) is 0.817.